The van der Waals surface area contributed by atoms with Crippen molar-refractivity contribution in [2.24, 2.45) is 0 Å². The van der Waals surface area contributed by atoms with Crippen LogP contribution in [-0.2, 0) is 14.8 Å². The first-order valence-corrected chi connectivity index (χ1v) is 14.3. The molecule has 3 heterocycles. The van der Waals surface area contributed by atoms with Gasteiger partial charge in [0.2, 0.25) is 5.91 Å². The van der Waals surface area contributed by atoms with Crippen LogP contribution in [0.3, 0.4) is 0 Å². The molecule has 2 aromatic carbocycles. The summed E-state index contributed by atoms with van der Waals surface area (Å²) in [6.07, 6.45) is 3.48. The number of carbonyl (C=O) groups is 1. The van der Waals surface area contributed by atoms with Crippen LogP contribution < -0.4 is 9.62 Å². The summed E-state index contributed by atoms with van der Waals surface area (Å²) in [7, 11) is -3.70. The molecule has 2 aromatic heterocycles. The highest BCUT2D eigenvalue weighted by Crippen LogP contribution is 2.27. The highest BCUT2D eigenvalue weighted by molar-refractivity contribution is 7.93. The van der Waals surface area contributed by atoms with Crippen LogP contribution >= 0.6 is 22.9 Å². The van der Waals surface area contributed by atoms with Gasteiger partial charge in [-0.2, -0.15) is 0 Å². The predicted molar refractivity (Wildman–Crippen MR) is 151 cm³/mol. The summed E-state index contributed by atoms with van der Waals surface area (Å²) >= 11 is 7.42. The summed E-state index contributed by atoms with van der Waals surface area (Å²) in [6, 6.07) is 14.1. The Labute approximate surface area is 223 Å². The number of benzene rings is 2. The quantitative estimate of drug-likeness (QED) is 0.339. The van der Waals surface area contributed by atoms with E-state index in [1.165, 1.54) is 11.3 Å². The van der Waals surface area contributed by atoms with E-state index in [4.69, 9.17) is 11.6 Å². The first-order valence-electron chi connectivity index (χ1n) is 11.6. The number of halogens is 1. The van der Waals surface area contributed by atoms with Crippen molar-refractivity contribution in [1.29, 1.82) is 0 Å². The Kier molecular flexibility index (Phi) is 6.67. The minimum atomic E-state index is -3.70. The first kappa shape index (κ1) is 24.6. The zero-order chi connectivity index (χ0) is 25.4. The maximum Gasteiger partial charge on any atom is 0.263 e. The maximum atomic E-state index is 13.4. The molecule has 194 valence electrons. The van der Waals surface area contributed by atoms with Gasteiger partial charge in [0.25, 0.3) is 10.0 Å². The Hall–Kier alpha value is -3.08. The van der Waals surface area contributed by atoms with Crippen molar-refractivity contribution in [2.75, 3.05) is 29.3 Å². The van der Waals surface area contributed by atoms with Gasteiger partial charge in [0.1, 0.15) is 6.04 Å². The third-order valence-corrected chi connectivity index (χ3v) is 8.94. The molecule has 0 radical (unpaired) electrons. The second-order valence-electron chi connectivity index (χ2n) is 8.87. The molecule has 0 spiro atoms. The summed E-state index contributed by atoms with van der Waals surface area (Å²) in [5, 5.41) is 3.73. The fourth-order valence-electron chi connectivity index (χ4n) is 4.62. The van der Waals surface area contributed by atoms with E-state index >= 15 is 0 Å². The predicted octanol–water partition coefficient (Wildman–Crippen LogP) is 5.59. The summed E-state index contributed by atoms with van der Waals surface area (Å²) < 4.78 is 29.7. The zero-order valence-electron chi connectivity index (χ0n) is 19.8. The fraction of sp³-hybridized carbons (Fsp3) is 0.280. The Morgan fingerprint density at radius 1 is 1.19 bits per heavy atom. The summed E-state index contributed by atoms with van der Waals surface area (Å²) in [5.41, 5.74) is 1.86. The standard InChI is InChI=1S/C25H26ClN5O3S2.3H2/c1-17-16-29(21-5-7-22(8-6-21)36(33,34)28-25-27-10-14-35-25)12-13-30(17)24(32)18(2)31-11-9-19-3-4-20(26)15-23(19)31;;;/h3-11,14-15,17-18H,12-13,16H2,1-2H3,(H,27,28);3*1H/t17-,18+;;;/m0.../s1. The van der Waals surface area contributed by atoms with Crippen molar-refractivity contribution >= 4 is 60.6 Å². The van der Waals surface area contributed by atoms with Gasteiger partial charge in [0.15, 0.2) is 5.13 Å². The lowest BCUT2D eigenvalue weighted by Gasteiger charge is -2.42. The molecule has 0 bridgehead atoms. The van der Waals surface area contributed by atoms with E-state index in [2.05, 4.69) is 14.6 Å². The number of carbonyl (C=O) groups excluding carboxylic acids is 1. The maximum absolute atomic E-state index is 13.4. The number of rotatable bonds is 6. The van der Waals surface area contributed by atoms with Gasteiger partial charge in [0.05, 0.1) is 10.4 Å². The van der Waals surface area contributed by atoms with E-state index in [1.807, 2.05) is 53.8 Å². The zero-order valence-corrected chi connectivity index (χ0v) is 22.2. The number of anilines is 2. The number of hydrogen-bond acceptors (Lipinski definition) is 6. The van der Waals surface area contributed by atoms with Crippen molar-refractivity contribution < 1.29 is 17.5 Å². The number of thiazole rings is 1. The van der Waals surface area contributed by atoms with Crippen LogP contribution in [0.1, 0.15) is 24.2 Å². The lowest BCUT2D eigenvalue weighted by Crippen LogP contribution is -2.55. The summed E-state index contributed by atoms with van der Waals surface area (Å²) in [6.45, 7) is 5.85. The SMILES string of the molecule is C[C@H](C(=O)N1CCN(c2ccc(S(=O)(=O)Nc3nccs3)cc2)C[C@@H]1C)n1ccc2ccc(Cl)cc21.[HH].[HH].[HH]. The van der Waals surface area contributed by atoms with Crippen molar-refractivity contribution in [3.05, 3.63) is 71.3 Å². The van der Waals surface area contributed by atoms with Gasteiger partial charge in [0, 0.05) is 58.4 Å². The van der Waals surface area contributed by atoms with E-state index in [9.17, 15) is 13.2 Å². The van der Waals surface area contributed by atoms with Crippen molar-refractivity contribution in [3.63, 3.8) is 0 Å². The molecule has 2 atom stereocenters. The average molecular weight is 550 g/mol. The number of sulfonamides is 1. The van der Waals surface area contributed by atoms with Crippen LogP contribution in [0.2, 0.25) is 5.02 Å². The topological polar surface area (TPSA) is 87.5 Å². The molecule has 8 nitrogen and oxygen atoms in total. The van der Waals surface area contributed by atoms with Gasteiger partial charge < -0.3 is 14.4 Å². The van der Waals surface area contributed by atoms with Crippen LogP contribution in [0.4, 0.5) is 10.8 Å². The van der Waals surface area contributed by atoms with E-state index < -0.39 is 10.0 Å². The number of piperazine rings is 1. The molecule has 0 unspecified atom stereocenters. The minimum absolute atomic E-state index is 0. The van der Waals surface area contributed by atoms with E-state index in [1.54, 1.807) is 35.8 Å². The Morgan fingerprint density at radius 3 is 2.67 bits per heavy atom. The van der Waals surface area contributed by atoms with Crippen molar-refractivity contribution in [1.82, 2.24) is 14.5 Å². The molecule has 0 aliphatic carbocycles. The van der Waals surface area contributed by atoms with Crippen LogP contribution in [-0.4, -0.2) is 54.5 Å². The number of fused-ring (bicyclic) bond motifs is 1. The van der Waals surface area contributed by atoms with Gasteiger partial charge in [-0.15, -0.1) is 11.3 Å². The number of nitrogens with one attached hydrogen (secondary N) is 1. The van der Waals surface area contributed by atoms with E-state index in [-0.39, 0.29) is 27.2 Å². The van der Waals surface area contributed by atoms with Crippen LogP contribution in [0, 0.1) is 0 Å². The Balaban J connectivity index is 0.00000178. The highest BCUT2D eigenvalue weighted by atomic mass is 35.5. The average Bonchev–Trinajstić information content (AvgIpc) is 3.52. The van der Waals surface area contributed by atoms with Gasteiger partial charge in [-0.3, -0.25) is 9.52 Å². The molecule has 1 aliphatic heterocycles. The van der Waals surface area contributed by atoms with Crippen molar-refractivity contribution in [3.8, 4) is 0 Å². The molecule has 1 fully saturated rings. The fourth-order valence-corrected chi connectivity index (χ4v) is 6.58. The molecular weight excluding hydrogens is 518 g/mol. The number of hydrogen-bond donors (Lipinski definition) is 1. The van der Waals surface area contributed by atoms with Crippen molar-refractivity contribution in [2.45, 2.75) is 30.8 Å². The molecular formula is C25H32ClN5O3S2. The smallest absolute Gasteiger partial charge is 0.263 e. The Morgan fingerprint density at radius 2 is 1.97 bits per heavy atom. The molecule has 1 amide bonds. The number of aromatic nitrogens is 2. The largest absolute Gasteiger partial charge is 0.368 e. The highest BCUT2D eigenvalue weighted by Gasteiger charge is 2.31. The first-order chi connectivity index (χ1) is 17.2. The van der Waals surface area contributed by atoms with Gasteiger partial charge >= 0.3 is 0 Å². The number of amides is 1. The molecule has 4 aromatic rings. The van der Waals surface area contributed by atoms with Crippen LogP contribution in [0.25, 0.3) is 10.9 Å². The molecule has 0 saturated carbocycles. The minimum Gasteiger partial charge on any atom is -0.368 e. The summed E-state index contributed by atoms with van der Waals surface area (Å²) in [4.78, 5) is 21.7. The molecule has 11 heteroatoms. The normalized spacial score (nSPS) is 17.4. The Bertz CT molecular complexity index is 1500. The second-order valence-corrected chi connectivity index (χ2v) is 11.9. The third-order valence-electron chi connectivity index (χ3n) is 6.54. The monoisotopic (exact) mass is 549 g/mol. The molecule has 1 aliphatic rings. The summed E-state index contributed by atoms with van der Waals surface area (Å²) in [5.74, 6) is 0.0642. The molecule has 1 saturated heterocycles. The molecule has 1 N–H and O–H groups in total. The lowest BCUT2D eigenvalue weighted by atomic mass is 10.1. The van der Waals surface area contributed by atoms with Gasteiger partial charge in [-0.1, -0.05) is 17.7 Å². The van der Waals surface area contributed by atoms with E-state index in [0.717, 1.165) is 16.6 Å². The van der Waals surface area contributed by atoms with Gasteiger partial charge in [-0.25, -0.2) is 13.4 Å². The third kappa shape index (κ3) is 4.80. The molecule has 36 heavy (non-hydrogen) atoms. The second kappa shape index (κ2) is 9.76. The van der Waals surface area contributed by atoms with E-state index in [0.29, 0.717) is 29.8 Å². The van der Waals surface area contributed by atoms with Crippen LogP contribution in [0.5, 0.6) is 0 Å². The molecule has 5 rings (SSSR count). The number of nitrogens with zero attached hydrogens (tertiary/aromatic N) is 4. The van der Waals surface area contributed by atoms with Gasteiger partial charge in [-0.05, 0) is 61.7 Å². The van der Waals surface area contributed by atoms with Crippen LogP contribution in [0.15, 0.2) is 71.2 Å². The lowest BCUT2D eigenvalue weighted by molar-refractivity contribution is -0.136.